The minimum Gasteiger partial charge on any atom is -0.381 e. The van der Waals surface area contributed by atoms with Crippen LogP contribution < -0.4 is 5.32 Å². The molecular weight excluding hydrogens is 294 g/mol. The summed E-state index contributed by atoms with van der Waals surface area (Å²) in [7, 11) is 0. The van der Waals surface area contributed by atoms with Crippen LogP contribution in [-0.2, 0) is 20.8 Å². The van der Waals surface area contributed by atoms with Crippen LogP contribution in [-0.4, -0.2) is 41.6 Å². The number of carbonyl (C=O) groups excluding carboxylic acids is 1. The highest BCUT2D eigenvalue weighted by atomic mass is 16.5. The van der Waals surface area contributed by atoms with Gasteiger partial charge in [-0.1, -0.05) is 0 Å². The topological polar surface area (TPSA) is 65.4 Å². The molecule has 1 N–H and O–H groups in total. The first-order chi connectivity index (χ1) is 11.2. The van der Waals surface area contributed by atoms with Crippen molar-refractivity contribution in [2.24, 2.45) is 11.3 Å². The molecule has 0 aromatic carbocycles. The normalized spacial score (nSPS) is 32.1. The Hall–Kier alpha value is -1.40. The third-order valence-electron chi connectivity index (χ3n) is 5.72. The Labute approximate surface area is 136 Å². The molecule has 6 heteroatoms. The van der Waals surface area contributed by atoms with Gasteiger partial charge in [0, 0.05) is 44.0 Å². The average molecular weight is 319 g/mol. The summed E-state index contributed by atoms with van der Waals surface area (Å²) in [5.41, 5.74) is 1.29. The number of hydrogen-bond acceptors (Lipinski definition) is 4. The van der Waals surface area contributed by atoms with Crippen molar-refractivity contribution in [1.82, 2.24) is 15.1 Å². The summed E-state index contributed by atoms with van der Waals surface area (Å²) in [5.74, 6) is 0.376. The lowest BCUT2D eigenvalue weighted by atomic mass is 9.93. The van der Waals surface area contributed by atoms with Gasteiger partial charge in [0.2, 0.25) is 5.91 Å². The number of aryl methyl sites for hydroxylation is 1. The maximum absolute atomic E-state index is 12.6. The van der Waals surface area contributed by atoms with Gasteiger partial charge < -0.3 is 14.8 Å². The molecule has 1 aromatic heterocycles. The third kappa shape index (κ3) is 2.78. The van der Waals surface area contributed by atoms with Gasteiger partial charge in [-0.05, 0) is 38.0 Å². The van der Waals surface area contributed by atoms with Crippen molar-refractivity contribution >= 4 is 5.91 Å². The number of nitrogens with zero attached hydrogens (tertiary/aromatic N) is 2. The fraction of sp³-hybridized carbons (Fsp3) is 0.765. The van der Waals surface area contributed by atoms with E-state index in [9.17, 15) is 4.79 Å². The van der Waals surface area contributed by atoms with Crippen LogP contribution in [0.4, 0.5) is 0 Å². The van der Waals surface area contributed by atoms with E-state index < -0.39 is 0 Å². The molecular formula is C17H25N3O3. The Morgan fingerprint density at radius 1 is 1.43 bits per heavy atom. The molecule has 3 heterocycles. The monoisotopic (exact) mass is 319 g/mol. The first kappa shape index (κ1) is 15.1. The van der Waals surface area contributed by atoms with Gasteiger partial charge in [0.05, 0.1) is 12.2 Å². The van der Waals surface area contributed by atoms with Crippen LogP contribution in [0.1, 0.15) is 44.3 Å². The second-order valence-electron chi connectivity index (χ2n) is 7.06. The number of ether oxygens (including phenoxy) is 2. The molecule has 1 aromatic rings. The third-order valence-corrected chi connectivity index (χ3v) is 5.72. The van der Waals surface area contributed by atoms with Crippen LogP contribution in [0, 0.1) is 11.3 Å². The maximum Gasteiger partial charge on any atom is 0.224 e. The molecule has 3 fully saturated rings. The van der Waals surface area contributed by atoms with Gasteiger partial charge in [0.1, 0.15) is 6.10 Å². The molecule has 6 nitrogen and oxygen atoms in total. The zero-order valence-electron chi connectivity index (χ0n) is 13.7. The fourth-order valence-electron chi connectivity index (χ4n) is 4.10. The Morgan fingerprint density at radius 3 is 3.00 bits per heavy atom. The summed E-state index contributed by atoms with van der Waals surface area (Å²) >= 11 is 0. The lowest BCUT2D eigenvalue weighted by Gasteiger charge is -2.24. The summed E-state index contributed by atoms with van der Waals surface area (Å²) in [6.07, 6.45) is 7.76. The minimum atomic E-state index is -0.0661. The van der Waals surface area contributed by atoms with Gasteiger partial charge >= 0.3 is 0 Å². The predicted molar refractivity (Wildman–Crippen MR) is 83.7 cm³/mol. The molecule has 23 heavy (non-hydrogen) atoms. The summed E-state index contributed by atoms with van der Waals surface area (Å²) in [6, 6.07) is 0.0643. The Balaban J connectivity index is 1.39. The molecule has 1 saturated carbocycles. The van der Waals surface area contributed by atoms with Gasteiger partial charge in [-0.3, -0.25) is 9.48 Å². The lowest BCUT2D eigenvalue weighted by Crippen LogP contribution is -2.39. The van der Waals surface area contributed by atoms with Crippen molar-refractivity contribution in [3.8, 4) is 0 Å². The van der Waals surface area contributed by atoms with E-state index in [0.29, 0.717) is 6.61 Å². The molecule has 3 atom stereocenters. The van der Waals surface area contributed by atoms with Gasteiger partial charge in [-0.25, -0.2) is 0 Å². The summed E-state index contributed by atoms with van der Waals surface area (Å²) < 4.78 is 13.2. The lowest BCUT2D eigenvalue weighted by molar-refractivity contribution is -0.124. The molecule has 2 aliphatic heterocycles. The molecule has 1 amide bonds. The molecule has 3 aliphatic rings. The van der Waals surface area contributed by atoms with E-state index in [1.54, 1.807) is 0 Å². The van der Waals surface area contributed by atoms with Crippen LogP contribution >= 0.6 is 0 Å². The average Bonchev–Trinajstić information content (AvgIpc) is 2.96. The van der Waals surface area contributed by atoms with E-state index in [4.69, 9.17) is 9.47 Å². The molecule has 1 spiro atoms. The Morgan fingerprint density at radius 2 is 2.26 bits per heavy atom. The molecule has 0 bridgehead atoms. The SMILES string of the molecule is CCn1cc([C@H]2OCC[C@@H]2NC(=O)[C@H]2CC23CCOCC3)cn1. The largest absolute Gasteiger partial charge is 0.381 e. The van der Waals surface area contributed by atoms with E-state index in [2.05, 4.69) is 17.3 Å². The molecule has 2 saturated heterocycles. The fourth-order valence-corrected chi connectivity index (χ4v) is 4.10. The minimum absolute atomic E-state index is 0.0643. The van der Waals surface area contributed by atoms with Crippen molar-refractivity contribution in [2.75, 3.05) is 19.8 Å². The number of carbonyl (C=O) groups is 1. The first-order valence-corrected chi connectivity index (χ1v) is 8.74. The highest BCUT2D eigenvalue weighted by molar-refractivity contribution is 5.83. The van der Waals surface area contributed by atoms with Crippen molar-refractivity contribution in [2.45, 2.75) is 51.3 Å². The standard InChI is InChI=1S/C17H25N3O3/c1-2-20-11-12(10-18-20)15-14(3-6-23-15)19-16(21)13-9-17(13)4-7-22-8-5-17/h10-11,13-15H,2-9H2,1H3,(H,19,21)/t13-,14+,15-/m1/s1. The van der Waals surface area contributed by atoms with Crippen molar-refractivity contribution < 1.29 is 14.3 Å². The summed E-state index contributed by atoms with van der Waals surface area (Å²) in [4.78, 5) is 12.6. The zero-order chi connectivity index (χ0) is 15.9. The number of hydrogen-bond donors (Lipinski definition) is 1. The highest BCUT2D eigenvalue weighted by Crippen LogP contribution is 2.59. The smallest absolute Gasteiger partial charge is 0.224 e. The van der Waals surface area contributed by atoms with Crippen molar-refractivity contribution in [3.63, 3.8) is 0 Å². The zero-order valence-corrected chi connectivity index (χ0v) is 13.7. The maximum atomic E-state index is 12.6. The van der Waals surface area contributed by atoms with Crippen molar-refractivity contribution in [1.29, 1.82) is 0 Å². The second kappa shape index (κ2) is 5.91. The van der Waals surface area contributed by atoms with Crippen LogP contribution in [0.15, 0.2) is 12.4 Å². The van der Waals surface area contributed by atoms with Gasteiger partial charge in [0.25, 0.3) is 0 Å². The predicted octanol–water partition coefficient (Wildman–Crippen LogP) is 1.67. The van der Waals surface area contributed by atoms with Gasteiger partial charge in [-0.2, -0.15) is 5.10 Å². The number of amides is 1. The van der Waals surface area contributed by atoms with Gasteiger partial charge in [-0.15, -0.1) is 0 Å². The first-order valence-electron chi connectivity index (χ1n) is 8.74. The van der Waals surface area contributed by atoms with Crippen LogP contribution in [0.2, 0.25) is 0 Å². The van der Waals surface area contributed by atoms with E-state index >= 15 is 0 Å². The van der Waals surface area contributed by atoms with E-state index in [-0.39, 0.29) is 29.4 Å². The quantitative estimate of drug-likeness (QED) is 0.917. The molecule has 0 radical (unpaired) electrons. The Bertz CT molecular complexity index is 579. The molecule has 126 valence electrons. The molecule has 4 rings (SSSR count). The van der Waals surface area contributed by atoms with E-state index in [1.807, 2.05) is 17.1 Å². The molecule has 1 aliphatic carbocycles. The van der Waals surface area contributed by atoms with E-state index in [1.165, 1.54) is 0 Å². The molecule has 0 unspecified atom stereocenters. The highest BCUT2D eigenvalue weighted by Gasteiger charge is 2.58. The summed E-state index contributed by atoms with van der Waals surface area (Å²) in [5, 5.41) is 7.57. The van der Waals surface area contributed by atoms with Crippen LogP contribution in [0.3, 0.4) is 0 Å². The summed E-state index contributed by atoms with van der Waals surface area (Å²) in [6.45, 7) is 5.20. The Kier molecular flexibility index (Phi) is 3.89. The second-order valence-corrected chi connectivity index (χ2v) is 7.06. The van der Waals surface area contributed by atoms with Crippen molar-refractivity contribution in [3.05, 3.63) is 18.0 Å². The number of nitrogens with one attached hydrogen (secondary N) is 1. The van der Waals surface area contributed by atoms with Gasteiger partial charge in [0.15, 0.2) is 0 Å². The van der Waals surface area contributed by atoms with E-state index in [0.717, 1.165) is 51.0 Å². The number of rotatable bonds is 4. The van der Waals surface area contributed by atoms with Crippen LogP contribution in [0.25, 0.3) is 0 Å². The van der Waals surface area contributed by atoms with Crippen LogP contribution in [0.5, 0.6) is 0 Å². The number of aromatic nitrogens is 2.